The van der Waals surface area contributed by atoms with Gasteiger partial charge in [0, 0.05) is 19.1 Å². The van der Waals surface area contributed by atoms with Crippen molar-refractivity contribution < 1.29 is 9.84 Å². The first kappa shape index (κ1) is 12.4. The Morgan fingerprint density at radius 2 is 2.35 bits per heavy atom. The molecule has 1 unspecified atom stereocenters. The summed E-state index contributed by atoms with van der Waals surface area (Å²) in [6.07, 6.45) is 2.87. The quantitative estimate of drug-likeness (QED) is 0.793. The fourth-order valence-corrected chi connectivity index (χ4v) is 2.26. The lowest BCUT2D eigenvalue weighted by Gasteiger charge is -2.18. The summed E-state index contributed by atoms with van der Waals surface area (Å²) in [5.74, 6) is 1.02. The first-order valence-electron chi connectivity index (χ1n) is 6.45. The molecule has 17 heavy (non-hydrogen) atoms. The second-order valence-electron chi connectivity index (χ2n) is 4.48. The van der Waals surface area contributed by atoms with Crippen molar-refractivity contribution in [1.29, 1.82) is 0 Å². The van der Waals surface area contributed by atoms with Crippen LogP contribution in [0.1, 0.15) is 36.9 Å². The van der Waals surface area contributed by atoms with Crippen LogP contribution in [0, 0.1) is 0 Å². The van der Waals surface area contributed by atoms with Crippen molar-refractivity contribution in [3.05, 3.63) is 29.3 Å². The predicted molar refractivity (Wildman–Crippen MR) is 68.4 cm³/mol. The Morgan fingerprint density at radius 3 is 3.12 bits per heavy atom. The van der Waals surface area contributed by atoms with Gasteiger partial charge in [-0.05, 0) is 36.6 Å². The molecule has 1 aliphatic rings. The zero-order valence-corrected chi connectivity index (χ0v) is 10.4. The van der Waals surface area contributed by atoms with Gasteiger partial charge >= 0.3 is 0 Å². The van der Waals surface area contributed by atoms with Crippen molar-refractivity contribution >= 4 is 0 Å². The highest BCUT2D eigenvalue weighted by Gasteiger charge is 2.16. The van der Waals surface area contributed by atoms with E-state index < -0.39 is 0 Å². The first-order chi connectivity index (χ1) is 8.35. The lowest BCUT2D eigenvalue weighted by molar-refractivity contribution is 0.265. The molecule has 0 aromatic heterocycles. The third-order valence-electron chi connectivity index (χ3n) is 3.17. The zero-order valence-electron chi connectivity index (χ0n) is 10.4. The number of fused-ring (bicyclic) bond motifs is 1. The van der Waals surface area contributed by atoms with Crippen molar-refractivity contribution in [3.8, 4) is 5.75 Å². The van der Waals surface area contributed by atoms with Crippen LogP contribution in [0.3, 0.4) is 0 Å². The first-order valence-corrected chi connectivity index (χ1v) is 6.45. The lowest BCUT2D eigenvalue weighted by atomic mass is 10.0. The average Bonchev–Trinajstić information content (AvgIpc) is 2.81. The van der Waals surface area contributed by atoms with Gasteiger partial charge in [-0.2, -0.15) is 0 Å². The van der Waals surface area contributed by atoms with Crippen LogP contribution in [0.2, 0.25) is 0 Å². The lowest BCUT2D eigenvalue weighted by Crippen LogP contribution is -2.23. The Labute approximate surface area is 103 Å². The van der Waals surface area contributed by atoms with E-state index >= 15 is 0 Å². The Balaban J connectivity index is 2.11. The number of hydrogen-bond donors (Lipinski definition) is 2. The molecule has 0 radical (unpaired) electrons. The maximum atomic E-state index is 9.13. The van der Waals surface area contributed by atoms with Crippen molar-refractivity contribution in [2.24, 2.45) is 0 Å². The standard InChI is InChI=1S/C14H21NO2/c1-2-7-15-13(5-8-16)11-3-4-14-12(10-11)6-9-17-14/h3-4,10,13,15-16H,2,5-9H2,1H3. The summed E-state index contributed by atoms with van der Waals surface area (Å²) in [5, 5.41) is 12.6. The zero-order chi connectivity index (χ0) is 12.1. The SMILES string of the molecule is CCCNC(CCO)c1ccc2c(c1)CCO2. The molecule has 3 heteroatoms. The molecule has 1 atom stereocenters. The minimum atomic E-state index is 0.217. The molecular weight excluding hydrogens is 214 g/mol. The Kier molecular flexibility index (Phi) is 4.40. The van der Waals surface area contributed by atoms with Gasteiger partial charge in [-0.25, -0.2) is 0 Å². The van der Waals surface area contributed by atoms with E-state index in [9.17, 15) is 0 Å². The van der Waals surface area contributed by atoms with Crippen LogP contribution in [0.4, 0.5) is 0 Å². The van der Waals surface area contributed by atoms with Gasteiger partial charge in [0.05, 0.1) is 6.61 Å². The molecule has 2 rings (SSSR count). The van der Waals surface area contributed by atoms with E-state index in [0.717, 1.165) is 38.2 Å². The summed E-state index contributed by atoms with van der Waals surface area (Å²) in [4.78, 5) is 0. The minimum Gasteiger partial charge on any atom is -0.493 e. The summed E-state index contributed by atoms with van der Waals surface area (Å²) in [6.45, 7) is 4.15. The van der Waals surface area contributed by atoms with Gasteiger partial charge in [-0.1, -0.05) is 19.1 Å². The van der Waals surface area contributed by atoms with E-state index in [1.165, 1.54) is 11.1 Å². The van der Waals surface area contributed by atoms with E-state index in [2.05, 4.69) is 30.4 Å². The molecule has 0 bridgehead atoms. The number of benzene rings is 1. The number of hydrogen-bond acceptors (Lipinski definition) is 3. The van der Waals surface area contributed by atoms with Crippen LogP contribution in [-0.2, 0) is 6.42 Å². The number of aliphatic hydroxyl groups excluding tert-OH is 1. The smallest absolute Gasteiger partial charge is 0.122 e. The Bertz CT molecular complexity index is 365. The van der Waals surface area contributed by atoms with Crippen molar-refractivity contribution in [2.75, 3.05) is 19.8 Å². The molecule has 94 valence electrons. The maximum absolute atomic E-state index is 9.13. The van der Waals surface area contributed by atoms with E-state index in [1.54, 1.807) is 0 Å². The van der Waals surface area contributed by atoms with Crippen LogP contribution in [0.5, 0.6) is 5.75 Å². The monoisotopic (exact) mass is 235 g/mol. The largest absolute Gasteiger partial charge is 0.493 e. The highest BCUT2D eigenvalue weighted by atomic mass is 16.5. The molecule has 0 fully saturated rings. The van der Waals surface area contributed by atoms with E-state index in [0.29, 0.717) is 0 Å². The highest BCUT2D eigenvalue weighted by molar-refractivity contribution is 5.40. The van der Waals surface area contributed by atoms with Crippen LogP contribution in [-0.4, -0.2) is 24.9 Å². The van der Waals surface area contributed by atoms with Gasteiger partial charge < -0.3 is 15.2 Å². The average molecular weight is 235 g/mol. The van der Waals surface area contributed by atoms with Crippen molar-refractivity contribution in [1.82, 2.24) is 5.32 Å². The van der Waals surface area contributed by atoms with E-state index in [-0.39, 0.29) is 12.6 Å². The van der Waals surface area contributed by atoms with Gasteiger partial charge in [0.1, 0.15) is 5.75 Å². The molecule has 0 aliphatic carbocycles. The fraction of sp³-hybridized carbons (Fsp3) is 0.571. The number of aliphatic hydroxyl groups is 1. The summed E-state index contributed by atoms with van der Waals surface area (Å²) in [5.41, 5.74) is 2.56. The molecule has 1 aromatic rings. The molecule has 2 N–H and O–H groups in total. The normalized spacial score (nSPS) is 15.4. The molecular formula is C14H21NO2. The molecule has 1 aromatic carbocycles. The second kappa shape index (κ2) is 6.03. The van der Waals surface area contributed by atoms with Crippen LogP contribution in [0.25, 0.3) is 0 Å². The topological polar surface area (TPSA) is 41.5 Å². The molecule has 0 saturated heterocycles. The van der Waals surface area contributed by atoms with Crippen molar-refractivity contribution in [3.63, 3.8) is 0 Å². The fourth-order valence-electron chi connectivity index (χ4n) is 2.26. The van der Waals surface area contributed by atoms with Gasteiger partial charge in [-0.3, -0.25) is 0 Å². The van der Waals surface area contributed by atoms with E-state index in [4.69, 9.17) is 9.84 Å². The summed E-state index contributed by atoms with van der Waals surface area (Å²) in [6, 6.07) is 6.62. The Hall–Kier alpha value is -1.06. The molecule has 1 heterocycles. The number of ether oxygens (including phenoxy) is 1. The third kappa shape index (κ3) is 2.99. The van der Waals surface area contributed by atoms with Gasteiger partial charge in [0.25, 0.3) is 0 Å². The predicted octanol–water partition coefficient (Wildman–Crippen LogP) is 2.04. The summed E-state index contributed by atoms with van der Waals surface area (Å²) >= 11 is 0. The molecule has 0 saturated carbocycles. The number of nitrogens with one attached hydrogen (secondary N) is 1. The maximum Gasteiger partial charge on any atom is 0.122 e. The minimum absolute atomic E-state index is 0.217. The van der Waals surface area contributed by atoms with E-state index in [1.807, 2.05) is 0 Å². The molecule has 0 spiro atoms. The van der Waals surface area contributed by atoms with Gasteiger partial charge in [0.2, 0.25) is 0 Å². The summed E-state index contributed by atoms with van der Waals surface area (Å²) < 4.78 is 5.50. The third-order valence-corrected chi connectivity index (χ3v) is 3.17. The van der Waals surface area contributed by atoms with Gasteiger partial charge in [-0.15, -0.1) is 0 Å². The van der Waals surface area contributed by atoms with Crippen molar-refractivity contribution in [2.45, 2.75) is 32.2 Å². The molecule has 3 nitrogen and oxygen atoms in total. The second-order valence-corrected chi connectivity index (χ2v) is 4.48. The summed E-state index contributed by atoms with van der Waals surface area (Å²) in [7, 11) is 0. The van der Waals surface area contributed by atoms with Crippen LogP contribution >= 0.6 is 0 Å². The Morgan fingerprint density at radius 1 is 1.47 bits per heavy atom. The van der Waals surface area contributed by atoms with Crippen LogP contribution < -0.4 is 10.1 Å². The molecule has 0 amide bonds. The van der Waals surface area contributed by atoms with Crippen LogP contribution in [0.15, 0.2) is 18.2 Å². The number of rotatable bonds is 6. The molecule has 1 aliphatic heterocycles. The van der Waals surface area contributed by atoms with Gasteiger partial charge in [0.15, 0.2) is 0 Å². The highest BCUT2D eigenvalue weighted by Crippen LogP contribution is 2.29.